The van der Waals surface area contributed by atoms with Gasteiger partial charge in [-0.3, -0.25) is 4.89 Å². The lowest BCUT2D eigenvalue weighted by atomic mass is 10.1. The largest absolute Gasteiger partial charge is 0.543 e. The molecule has 9 heteroatoms. The zero-order valence-electron chi connectivity index (χ0n) is 21.0. The van der Waals surface area contributed by atoms with Gasteiger partial charge in [0.25, 0.3) is 0 Å². The predicted molar refractivity (Wildman–Crippen MR) is 126 cm³/mol. The maximum atomic E-state index is 12.1. The van der Waals surface area contributed by atoms with Crippen LogP contribution in [0.1, 0.15) is 94.3 Å². The molecule has 0 aliphatic rings. The molecule has 0 saturated carbocycles. The molecule has 194 valence electrons. The summed E-state index contributed by atoms with van der Waals surface area (Å²) in [5.41, 5.74) is 0.0444. The Kier molecular flexibility index (Phi) is 16.2. The molecular weight excluding hydrogens is 444 g/mol. The number of carbonyl (C=O) groups excluding carboxylic acids is 2. The van der Waals surface area contributed by atoms with Gasteiger partial charge in [-0.05, 0) is 18.6 Å². The van der Waals surface area contributed by atoms with E-state index >= 15 is 0 Å². The van der Waals surface area contributed by atoms with E-state index in [0.29, 0.717) is 5.75 Å². The first kappa shape index (κ1) is 29.4. The van der Waals surface area contributed by atoms with Crippen LogP contribution in [0.4, 0.5) is 4.79 Å². The van der Waals surface area contributed by atoms with Gasteiger partial charge < -0.3 is 18.9 Å². The number of unbranched alkanes of at least 4 members (excludes halogenated alkanes) is 11. The topological polar surface area (TPSA) is 98.8 Å². The third-order valence-corrected chi connectivity index (χ3v) is 5.33. The number of hydrogen-bond donors (Lipinski definition) is 0. The summed E-state index contributed by atoms with van der Waals surface area (Å²) in [6, 6.07) is 2.75. The lowest BCUT2D eigenvalue weighted by molar-refractivity contribution is -0.452. The fourth-order valence-corrected chi connectivity index (χ4v) is 3.45. The SMILES string of the molecule is CCCCCCCCCCCCCCOC(=O)OOOC(=O)c1cc(OC)c(OC)c(OC)c1. The normalized spacial score (nSPS) is 10.5. The van der Waals surface area contributed by atoms with Crippen LogP contribution in [-0.4, -0.2) is 40.1 Å². The van der Waals surface area contributed by atoms with Crippen molar-refractivity contribution >= 4 is 12.1 Å². The Labute approximate surface area is 202 Å². The van der Waals surface area contributed by atoms with Crippen molar-refractivity contribution in [3.8, 4) is 17.2 Å². The number of rotatable bonds is 19. The van der Waals surface area contributed by atoms with E-state index in [2.05, 4.69) is 21.7 Å². The third kappa shape index (κ3) is 12.0. The standard InChI is InChI=1S/C25H40O9/c1-5-6-7-8-9-10-11-12-13-14-15-16-17-31-25(27)33-34-32-24(26)20-18-21(28-2)23(30-4)22(19-20)29-3/h18-19H,5-17H2,1-4H3. The van der Waals surface area contributed by atoms with Crippen molar-refractivity contribution in [3.63, 3.8) is 0 Å². The molecular formula is C25H40O9. The molecule has 34 heavy (non-hydrogen) atoms. The summed E-state index contributed by atoms with van der Waals surface area (Å²) in [6.07, 6.45) is 13.5. The second-order valence-electron chi connectivity index (χ2n) is 7.92. The first-order valence-corrected chi connectivity index (χ1v) is 12.1. The Morgan fingerprint density at radius 3 is 1.65 bits per heavy atom. The molecule has 0 radical (unpaired) electrons. The predicted octanol–water partition coefficient (Wildman–Crippen LogP) is 6.57. The monoisotopic (exact) mass is 484 g/mol. The van der Waals surface area contributed by atoms with E-state index in [-0.39, 0.29) is 23.7 Å². The zero-order valence-corrected chi connectivity index (χ0v) is 21.0. The van der Waals surface area contributed by atoms with Crippen molar-refractivity contribution in [1.29, 1.82) is 0 Å². The summed E-state index contributed by atoms with van der Waals surface area (Å²) in [4.78, 5) is 32.4. The van der Waals surface area contributed by atoms with Crippen LogP contribution in [-0.2, 0) is 19.6 Å². The fourth-order valence-electron chi connectivity index (χ4n) is 3.45. The van der Waals surface area contributed by atoms with Gasteiger partial charge in [0.05, 0.1) is 38.5 Å². The van der Waals surface area contributed by atoms with E-state index in [1.165, 1.54) is 91.2 Å². The van der Waals surface area contributed by atoms with Crippen molar-refractivity contribution in [1.82, 2.24) is 0 Å². The average molecular weight is 485 g/mol. The van der Waals surface area contributed by atoms with E-state index in [4.69, 9.17) is 18.9 Å². The molecule has 1 aromatic rings. The van der Waals surface area contributed by atoms with E-state index in [1.807, 2.05) is 0 Å². The highest BCUT2D eigenvalue weighted by Crippen LogP contribution is 2.38. The number of carbonyl (C=O) groups is 2. The molecule has 0 saturated heterocycles. The van der Waals surface area contributed by atoms with E-state index < -0.39 is 12.1 Å². The van der Waals surface area contributed by atoms with Gasteiger partial charge in [0.2, 0.25) is 5.75 Å². The van der Waals surface area contributed by atoms with Gasteiger partial charge >= 0.3 is 12.1 Å². The van der Waals surface area contributed by atoms with Gasteiger partial charge in [-0.1, -0.05) is 77.6 Å². The minimum absolute atomic E-state index is 0.0444. The number of benzene rings is 1. The summed E-state index contributed by atoms with van der Waals surface area (Å²) in [7, 11) is 4.27. The molecule has 0 aliphatic heterocycles. The van der Waals surface area contributed by atoms with Crippen molar-refractivity contribution in [3.05, 3.63) is 17.7 Å². The van der Waals surface area contributed by atoms with E-state index in [9.17, 15) is 9.59 Å². The molecule has 0 unspecified atom stereocenters. The molecule has 1 rings (SSSR count). The molecule has 0 spiro atoms. The van der Waals surface area contributed by atoms with Crippen LogP contribution in [0.3, 0.4) is 0 Å². The minimum Gasteiger partial charge on any atom is -0.493 e. The Bertz CT molecular complexity index is 681. The highest BCUT2D eigenvalue weighted by Gasteiger charge is 2.19. The highest BCUT2D eigenvalue weighted by molar-refractivity contribution is 5.90. The second-order valence-corrected chi connectivity index (χ2v) is 7.92. The molecule has 9 nitrogen and oxygen atoms in total. The van der Waals surface area contributed by atoms with Gasteiger partial charge in [-0.15, -0.1) is 0 Å². The van der Waals surface area contributed by atoms with Crippen LogP contribution in [0.25, 0.3) is 0 Å². The van der Waals surface area contributed by atoms with Crippen LogP contribution in [0.15, 0.2) is 12.1 Å². The van der Waals surface area contributed by atoms with E-state index in [1.54, 1.807) is 0 Å². The van der Waals surface area contributed by atoms with Gasteiger partial charge in [0.1, 0.15) is 0 Å². The summed E-state index contributed by atoms with van der Waals surface area (Å²) >= 11 is 0. The lowest BCUT2D eigenvalue weighted by Crippen LogP contribution is -2.13. The van der Waals surface area contributed by atoms with Crippen molar-refractivity contribution < 1.29 is 43.3 Å². The first-order chi connectivity index (χ1) is 16.6. The van der Waals surface area contributed by atoms with Gasteiger partial charge in [0, 0.05) is 0 Å². The maximum absolute atomic E-state index is 12.1. The van der Waals surface area contributed by atoms with Crippen LogP contribution in [0.2, 0.25) is 0 Å². The first-order valence-electron chi connectivity index (χ1n) is 12.1. The van der Waals surface area contributed by atoms with Crippen LogP contribution >= 0.6 is 0 Å². The number of methoxy groups -OCH3 is 3. The number of hydrogen-bond acceptors (Lipinski definition) is 9. The van der Waals surface area contributed by atoms with Gasteiger partial charge in [-0.25, -0.2) is 14.5 Å². The molecule has 0 bridgehead atoms. The Morgan fingerprint density at radius 2 is 1.18 bits per heavy atom. The van der Waals surface area contributed by atoms with Gasteiger partial charge in [0.15, 0.2) is 11.5 Å². The van der Waals surface area contributed by atoms with E-state index in [0.717, 1.165) is 19.3 Å². The number of ether oxygens (including phenoxy) is 4. The molecule has 0 amide bonds. The zero-order chi connectivity index (χ0) is 25.0. The molecule has 0 aliphatic carbocycles. The minimum atomic E-state index is -1.08. The Morgan fingerprint density at radius 1 is 0.676 bits per heavy atom. The Hall–Kier alpha value is -2.68. The van der Waals surface area contributed by atoms with Crippen LogP contribution in [0, 0.1) is 0 Å². The smallest absolute Gasteiger partial charge is 0.493 e. The summed E-state index contributed by atoms with van der Waals surface area (Å²) in [6.45, 7) is 2.44. The van der Waals surface area contributed by atoms with Gasteiger partial charge in [-0.2, -0.15) is 0 Å². The van der Waals surface area contributed by atoms with Crippen molar-refractivity contribution in [2.75, 3.05) is 27.9 Å². The molecule has 0 heterocycles. The third-order valence-electron chi connectivity index (χ3n) is 5.33. The van der Waals surface area contributed by atoms with Crippen molar-refractivity contribution in [2.24, 2.45) is 0 Å². The molecule has 1 aromatic carbocycles. The Balaban J connectivity index is 2.11. The molecule has 0 aromatic heterocycles. The summed E-state index contributed by atoms with van der Waals surface area (Å²) in [5.74, 6) is -0.0822. The molecule has 0 N–H and O–H groups in total. The van der Waals surface area contributed by atoms with Crippen LogP contribution < -0.4 is 14.2 Å². The molecule has 0 atom stereocenters. The molecule has 0 fully saturated rings. The fraction of sp³-hybridized carbons (Fsp3) is 0.680. The average Bonchev–Trinajstić information content (AvgIpc) is 2.85. The maximum Gasteiger partial charge on any atom is 0.543 e. The lowest BCUT2D eigenvalue weighted by Gasteiger charge is -2.13. The second kappa shape index (κ2) is 18.7. The quantitative estimate of drug-likeness (QED) is 0.0934. The highest BCUT2D eigenvalue weighted by atomic mass is 17.5. The van der Waals surface area contributed by atoms with Crippen molar-refractivity contribution in [2.45, 2.75) is 84.0 Å². The summed E-state index contributed by atoms with van der Waals surface area (Å²) < 4.78 is 20.4. The summed E-state index contributed by atoms with van der Waals surface area (Å²) in [5, 5.41) is 4.24. The van der Waals surface area contributed by atoms with Crippen LogP contribution in [0.5, 0.6) is 17.2 Å².